The Morgan fingerprint density at radius 2 is 2.00 bits per heavy atom. The minimum absolute atomic E-state index is 0. The molecular formula is C12H23ClN2O2. The van der Waals surface area contributed by atoms with Gasteiger partial charge < -0.3 is 15.4 Å². The number of hydrogen-bond donors (Lipinski definition) is 1. The lowest BCUT2D eigenvalue weighted by Gasteiger charge is -2.30. The van der Waals surface area contributed by atoms with E-state index in [2.05, 4.69) is 0 Å². The Morgan fingerprint density at radius 1 is 1.18 bits per heavy atom. The van der Waals surface area contributed by atoms with Gasteiger partial charge in [0, 0.05) is 31.7 Å². The molecule has 1 heterocycles. The van der Waals surface area contributed by atoms with Crippen molar-refractivity contribution in [2.24, 2.45) is 11.7 Å². The molecule has 2 atom stereocenters. The molecule has 5 heteroatoms. The zero-order valence-electron chi connectivity index (χ0n) is 10.3. The van der Waals surface area contributed by atoms with E-state index in [1.807, 2.05) is 4.90 Å². The predicted molar refractivity (Wildman–Crippen MR) is 69.2 cm³/mol. The quantitative estimate of drug-likeness (QED) is 0.772. The molecule has 2 N–H and O–H groups in total. The van der Waals surface area contributed by atoms with Crippen LogP contribution in [0.25, 0.3) is 0 Å². The van der Waals surface area contributed by atoms with E-state index in [0.717, 1.165) is 51.8 Å². The van der Waals surface area contributed by atoms with Crippen molar-refractivity contribution in [3.05, 3.63) is 0 Å². The number of halogens is 1. The van der Waals surface area contributed by atoms with E-state index in [1.165, 1.54) is 0 Å². The maximum atomic E-state index is 12.3. The number of nitrogens with two attached hydrogens (primary N) is 1. The van der Waals surface area contributed by atoms with E-state index < -0.39 is 0 Å². The van der Waals surface area contributed by atoms with Crippen molar-refractivity contribution in [2.45, 2.75) is 38.1 Å². The lowest BCUT2D eigenvalue weighted by molar-refractivity contribution is -0.136. The summed E-state index contributed by atoms with van der Waals surface area (Å²) in [5.41, 5.74) is 5.93. The minimum atomic E-state index is 0. The molecule has 0 aromatic carbocycles. The van der Waals surface area contributed by atoms with Crippen LogP contribution in [0.1, 0.15) is 32.1 Å². The van der Waals surface area contributed by atoms with Crippen molar-refractivity contribution < 1.29 is 9.53 Å². The number of carbonyl (C=O) groups excluding carboxylic acids is 1. The summed E-state index contributed by atoms with van der Waals surface area (Å²) in [5.74, 6) is 0.475. The van der Waals surface area contributed by atoms with E-state index in [4.69, 9.17) is 10.5 Å². The first-order chi connectivity index (χ1) is 7.77. The van der Waals surface area contributed by atoms with Crippen LogP contribution in [0.4, 0.5) is 0 Å². The number of ether oxygens (including phenoxy) is 1. The van der Waals surface area contributed by atoms with Gasteiger partial charge in [-0.3, -0.25) is 4.79 Å². The van der Waals surface area contributed by atoms with Crippen LogP contribution in [-0.2, 0) is 9.53 Å². The summed E-state index contributed by atoms with van der Waals surface area (Å²) < 4.78 is 5.36. The Balaban J connectivity index is 0.00000144. The molecule has 0 radical (unpaired) electrons. The Hall–Kier alpha value is -0.320. The third-order valence-corrected chi connectivity index (χ3v) is 3.60. The Kier molecular flexibility index (Phi) is 6.23. The average Bonchev–Trinajstić information content (AvgIpc) is 2.56. The number of amides is 1. The number of nitrogens with zero attached hydrogens (tertiary/aromatic N) is 1. The monoisotopic (exact) mass is 262 g/mol. The molecule has 1 aliphatic carbocycles. The fraction of sp³-hybridized carbons (Fsp3) is 0.917. The number of carbonyl (C=O) groups is 1. The molecule has 2 fully saturated rings. The molecule has 1 amide bonds. The summed E-state index contributed by atoms with van der Waals surface area (Å²) in [6, 6.07) is 0.228. The first-order valence-corrected chi connectivity index (χ1v) is 6.39. The average molecular weight is 263 g/mol. The van der Waals surface area contributed by atoms with Crippen molar-refractivity contribution in [2.75, 3.05) is 26.3 Å². The number of hydrogen-bond acceptors (Lipinski definition) is 3. The zero-order chi connectivity index (χ0) is 11.4. The molecule has 0 spiro atoms. The van der Waals surface area contributed by atoms with Gasteiger partial charge in [0.2, 0.25) is 5.91 Å². The number of rotatable bonds is 1. The normalized spacial score (nSPS) is 30.3. The largest absolute Gasteiger partial charge is 0.380 e. The molecule has 2 aliphatic rings. The van der Waals surface area contributed by atoms with Crippen molar-refractivity contribution >= 4 is 18.3 Å². The summed E-state index contributed by atoms with van der Waals surface area (Å²) >= 11 is 0. The fourth-order valence-corrected chi connectivity index (χ4v) is 2.68. The highest BCUT2D eigenvalue weighted by Crippen LogP contribution is 2.25. The lowest BCUT2D eigenvalue weighted by Crippen LogP contribution is -2.41. The highest BCUT2D eigenvalue weighted by atomic mass is 35.5. The van der Waals surface area contributed by atoms with Crippen molar-refractivity contribution in [3.63, 3.8) is 0 Å². The van der Waals surface area contributed by atoms with Crippen molar-refractivity contribution in [3.8, 4) is 0 Å². The van der Waals surface area contributed by atoms with Gasteiger partial charge in [-0.25, -0.2) is 0 Å². The smallest absolute Gasteiger partial charge is 0.225 e. The molecule has 100 valence electrons. The van der Waals surface area contributed by atoms with Gasteiger partial charge >= 0.3 is 0 Å². The SMILES string of the molecule is Cl.NC1CCCC(C(=O)N2CCCOCC2)C1. The van der Waals surface area contributed by atoms with Gasteiger partial charge in [0.15, 0.2) is 0 Å². The van der Waals surface area contributed by atoms with E-state index in [0.29, 0.717) is 12.5 Å². The van der Waals surface area contributed by atoms with Crippen LogP contribution in [0.3, 0.4) is 0 Å². The third kappa shape index (κ3) is 4.12. The minimum Gasteiger partial charge on any atom is -0.380 e. The fourth-order valence-electron chi connectivity index (χ4n) is 2.68. The van der Waals surface area contributed by atoms with Crippen LogP contribution >= 0.6 is 12.4 Å². The Labute approximate surface area is 109 Å². The van der Waals surface area contributed by atoms with E-state index in [-0.39, 0.29) is 24.4 Å². The van der Waals surface area contributed by atoms with Crippen LogP contribution in [0.5, 0.6) is 0 Å². The molecule has 1 aliphatic heterocycles. The van der Waals surface area contributed by atoms with Gasteiger partial charge in [0.05, 0.1) is 6.61 Å². The van der Waals surface area contributed by atoms with Gasteiger partial charge in [0.1, 0.15) is 0 Å². The topological polar surface area (TPSA) is 55.6 Å². The highest BCUT2D eigenvalue weighted by molar-refractivity contribution is 5.85. The molecule has 1 saturated carbocycles. The second-order valence-electron chi connectivity index (χ2n) is 4.91. The summed E-state index contributed by atoms with van der Waals surface area (Å²) in [7, 11) is 0. The zero-order valence-corrected chi connectivity index (χ0v) is 11.1. The van der Waals surface area contributed by atoms with E-state index in [9.17, 15) is 4.79 Å². The molecule has 0 bridgehead atoms. The van der Waals surface area contributed by atoms with Crippen LogP contribution in [0, 0.1) is 5.92 Å². The summed E-state index contributed by atoms with van der Waals surface area (Å²) in [4.78, 5) is 14.2. The Morgan fingerprint density at radius 3 is 2.76 bits per heavy atom. The molecule has 4 nitrogen and oxygen atoms in total. The van der Waals surface area contributed by atoms with E-state index >= 15 is 0 Å². The molecule has 2 rings (SSSR count). The second kappa shape index (κ2) is 7.19. The van der Waals surface area contributed by atoms with Crippen LogP contribution in [0.15, 0.2) is 0 Å². The second-order valence-corrected chi connectivity index (χ2v) is 4.91. The van der Waals surface area contributed by atoms with Crippen molar-refractivity contribution in [1.82, 2.24) is 4.90 Å². The van der Waals surface area contributed by atoms with Gasteiger partial charge in [0.25, 0.3) is 0 Å². The highest BCUT2D eigenvalue weighted by Gasteiger charge is 2.29. The van der Waals surface area contributed by atoms with Crippen LogP contribution in [-0.4, -0.2) is 43.2 Å². The molecule has 0 aromatic heterocycles. The van der Waals surface area contributed by atoms with Gasteiger partial charge in [-0.1, -0.05) is 6.42 Å². The molecule has 17 heavy (non-hydrogen) atoms. The lowest BCUT2D eigenvalue weighted by atomic mass is 9.85. The maximum absolute atomic E-state index is 12.3. The van der Waals surface area contributed by atoms with Crippen molar-refractivity contribution in [1.29, 1.82) is 0 Å². The van der Waals surface area contributed by atoms with Crippen LogP contribution < -0.4 is 5.73 Å². The van der Waals surface area contributed by atoms with Gasteiger partial charge in [-0.2, -0.15) is 0 Å². The predicted octanol–water partition coefficient (Wildman–Crippen LogP) is 1.17. The summed E-state index contributed by atoms with van der Waals surface area (Å²) in [6.45, 7) is 3.08. The van der Waals surface area contributed by atoms with Gasteiger partial charge in [-0.15, -0.1) is 12.4 Å². The first kappa shape index (κ1) is 14.7. The van der Waals surface area contributed by atoms with Gasteiger partial charge in [-0.05, 0) is 25.7 Å². The van der Waals surface area contributed by atoms with E-state index in [1.54, 1.807) is 0 Å². The molecular weight excluding hydrogens is 240 g/mol. The first-order valence-electron chi connectivity index (χ1n) is 6.39. The summed E-state index contributed by atoms with van der Waals surface area (Å²) in [6.07, 6.45) is 5.03. The molecule has 2 unspecified atom stereocenters. The summed E-state index contributed by atoms with van der Waals surface area (Å²) in [5, 5.41) is 0. The maximum Gasteiger partial charge on any atom is 0.225 e. The third-order valence-electron chi connectivity index (χ3n) is 3.60. The molecule has 1 saturated heterocycles. The van der Waals surface area contributed by atoms with Crippen LogP contribution in [0.2, 0.25) is 0 Å². The molecule has 0 aromatic rings. The Bertz CT molecular complexity index is 239. The standard InChI is InChI=1S/C12H22N2O2.ClH/c13-11-4-1-3-10(9-11)12(15)14-5-2-7-16-8-6-14;/h10-11H,1-9,13H2;1H.